The molecule has 0 saturated carbocycles. The number of nitrogens with one attached hydrogen (secondary N) is 2. The van der Waals surface area contributed by atoms with Gasteiger partial charge in [0, 0.05) is 33.2 Å². The number of benzene rings is 1. The van der Waals surface area contributed by atoms with Gasteiger partial charge in [0.25, 0.3) is 0 Å². The normalized spacial score (nSPS) is 16.1. The van der Waals surface area contributed by atoms with Crippen molar-refractivity contribution in [1.82, 2.24) is 20.4 Å². The Bertz CT molecular complexity index is 590. The lowest BCUT2D eigenvalue weighted by molar-refractivity contribution is 0.0170. The van der Waals surface area contributed by atoms with Crippen molar-refractivity contribution in [2.24, 2.45) is 4.99 Å². The molecule has 1 heterocycles. The lowest BCUT2D eigenvalue weighted by atomic mass is 10.0. The summed E-state index contributed by atoms with van der Waals surface area (Å²) < 4.78 is 10.9. The Morgan fingerprint density at radius 1 is 1.17 bits per heavy atom. The molecule has 30 heavy (non-hydrogen) atoms. The SMILES string of the molecule is CCN(CC)CCCNC(=NC)NCC(c1ccc(OC)cc1)N1CCOCC1.I. The van der Waals surface area contributed by atoms with Gasteiger partial charge in [0.15, 0.2) is 5.96 Å². The maximum atomic E-state index is 5.55. The third-order valence-electron chi connectivity index (χ3n) is 5.51. The minimum absolute atomic E-state index is 0. The van der Waals surface area contributed by atoms with E-state index in [0.29, 0.717) is 0 Å². The van der Waals surface area contributed by atoms with Gasteiger partial charge in [-0.25, -0.2) is 0 Å². The number of aliphatic imine (C=N–C) groups is 1. The molecular formula is C22H40IN5O2. The van der Waals surface area contributed by atoms with Gasteiger partial charge < -0.3 is 25.0 Å². The van der Waals surface area contributed by atoms with E-state index < -0.39 is 0 Å². The fraction of sp³-hybridized carbons (Fsp3) is 0.682. The van der Waals surface area contributed by atoms with Gasteiger partial charge >= 0.3 is 0 Å². The number of guanidine groups is 1. The molecule has 1 saturated heterocycles. The summed E-state index contributed by atoms with van der Waals surface area (Å²) in [6.45, 7) is 12.9. The quantitative estimate of drug-likeness (QED) is 0.198. The van der Waals surface area contributed by atoms with Crippen LogP contribution in [-0.4, -0.2) is 88.9 Å². The van der Waals surface area contributed by atoms with E-state index in [0.717, 1.165) is 77.2 Å². The van der Waals surface area contributed by atoms with E-state index in [-0.39, 0.29) is 30.0 Å². The molecule has 0 bridgehead atoms. The summed E-state index contributed by atoms with van der Waals surface area (Å²) in [6, 6.07) is 8.63. The second-order valence-corrected chi connectivity index (χ2v) is 7.20. The Kier molecular flexibility index (Phi) is 14.1. The first-order valence-electron chi connectivity index (χ1n) is 10.8. The van der Waals surface area contributed by atoms with Crippen LogP contribution in [0.2, 0.25) is 0 Å². The molecule has 1 aromatic rings. The highest BCUT2D eigenvalue weighted by molar-refractivity contribution is 14.0. The molecular weight excluding hydrogens is 493 g/mol. The number of hydrogen-bond donors (Lipinski definition) is 2. The molecule has 8 heteroatoms. The fourth-order valence-electron chi connectivity index (χ4n) is 3.64. The van der Waals surface area contributed by atoms with Crippen LogP contribution in [0, 0.1) is 0 Å². The largest absolute Gasteiger partial charge is 0.497 e. The zero-order valence-electron chi connectivity index (χ0n) is 19.0. The molecule has 1 unspecified atom stereocenters. The predicted octanol–water partition coefficient (Wildman–Crippen LogP) is 2.58. The summed E-state index contributed by atoms with van der Waals surface area (Å²) >= 11 is 0. The number of morpholine rings is 1. The van der Waals surface area contributed by atoms with E-state index in [2.05, 4.69) is 51.4 Å². The average Bonchev–Trinajstić information content (AvgIpc) is 2.79. The molecule has 0 aliphatic carbocycles. The molecule has 0 spiro atoms. The Hall–Kier alpha value is -1.10. The van der Waals surface area contributed by atoms with Gasteiger partial charge in [-0.2, -0.15) is 0 Å². The molecule has 172 valence electrons. The van der Waals surface area contributed by atoms with Crippen molar-refractivity contribution >= 4 is 29.9 Å². The van der Waals surface area contributed by atoms with Crippen LogP contribution >= 0.6 is 24.0 Å². The predicted molar refractivity (Wildman–Crippen MR) is 135 cm³/mol. The molecule has 7 nitrogen and oxygen atoms in total. The summed E-state index contributed by atoms with van der Waals surface area (Å²) in [5.41, 5.74) is 1.28. The van der Waals surface area contributed by atoms with Crippen LogP contribution in [0.5, 0.6) is 5.75 Å². The minimum atomic E-state index is 0. The smallest absolute Gasteiger partial charge is 0.191 e. The fourth-order valence-corrected chi connectivity index (χ4v) is 3.64. The minimum Gasteiger partial charge on any atom is -0.497 e. The highest BCUT2D eigenvalue weighted by Crippen LogP contribution is 2.23. The third kappa shape index (κ3) is 8.95. The first-order valence-corrected chi connectivity index (χ1v) is 10.8. The van der Waals surface area contributed by atoms with Gasteiger partial charge in [0.05, 0.1) is 26.4 Å². The van der Waals surface area contributed by atoms with E-state index in [1.807, 2.05) is 19.2 Å². The van der Waals surface area contributed by atoms with E-state index >= 15 is 0 Å². The van der Waals surface area contributed by atoms with Crippen LogP contribution < -0.4 is 15.4 Å². The lowest BCUT2D eigenvalue weighted by Crippen LogP contribution is -2.46. The van der Waals surface area contributed by atoms with Crippen molar-refractivity contribution in [2.75, 3.05) is 73.2 Å². The standard InChI is InChI=1S/C22H39N5O2.HI/c1-5-26(6-2)13-7-12-24-22(23-3)25-18-21(27-14-16-29-17-15-27)19-8-10-20(28-4)11-9-19;/h8-11,21H,5-7,12-18H2,1-4H3,(H2,23,24,25);1H. The molecule has 1 aliphatic rings. The van der Waals surface area contributed by atoms with Crippen molar-refractivity contribution in [3.05, 3.63) is 29.8 Å². The first-order chi connectivity index (χ1) is 14.2. The molecule has 1 fully saturated rings. The number of hydrogen-bond acceptors (Lipinski definition) is 5. The highest BCUT2D eigenvalue weighted by atomic mass is 127. The number of ether oxygens (including phenoxy) is 2. The van der Waals surface area contributed by atoms with Crippen LogP contribution in [0.25, 0.3) is 0 Å². The summed E-state index contributed by atoms with van der Waals surface area (Å²) in [4.78, 5) is 9.32. The van der Waals surface area contributed by atoms with Crippen LogP contribution in [0.3, 0.4) is 0 Å². The number of methoxy groups -OCH3 is 1. The highest BCUT2D eigenvalue weighted by Gasteiger charge is 2.23. The van der Waals surface area contributed by atoms with Crippen LogP contribution in [-0.2, 0) is 4.74 Å². The van der Waals surface area contributed by atoms with Crippen molar-refractivity contribution < 1.29 is 9.47 Å². The summed E-state index contributed by atoms with van der Waals surface area (Å²) in [5, 5.41) is 6.97. The van der Waals surface area contributed by atoms with Gasteiger partial charge in [-0.1, -0.05) is 26.0 Å². The number of rotatable bonds is 11. The van der Waals surface area contributed by atoms with E-state index in [9.17, 15) is 0 Å². The molecule has 0 radical (unpaired) electrons. The van der Waals surface area contributed by atoms with E-state index in [4.69, 9.17) is 9.47 Å². The lowest BCUT2D eigenvalue weighted by Gasteiger charge is -2.35. The molecule has 1 aromatic carbocycles. The van der Waals surface area contributed by atoms with E-state index in [1.54, 1.807) is 7.11 Å². The summed E-state index contributed by atoms with van der Waals surface area (Å²) in [5.74, 6) is 1.74. The Morgan fingerprint density at radius 3 is 2.40 bits per heavy atom. The molecule has 0 aromatic heterocycles. The molecule has 2 rings (SSSR count). The molecule has 1 aliphatic heterocycles. The topological polar surface area (TPSA) is 61.4 Å². The Balaban J connectivity index is 0.00000450. The van der Waals surface area contributed by atoms with Crippen molar-refractivity contribution in [3.63, 3.8) is 0 Å². The van der Waals surface area contributed by atoms with Crippen LogP contribution in [0.15, 0.2) is 29.3 Å². The average molecular weight is 533 g/mol. The van der Waals surface area contributed by atoms with Crippen molar-refractivity contribution in [3.8, 4) is 5.75 Å². The molecule has 1 atom stereocenters. The maximum Gasteiger partial charge on any atom is 0.191 e. The second kappa shape index (κ2) is 15.7. The maximum absolute atomic E-state index is 5.55. The van der Waals surface area contributed by atoms with Crippen molar-refractivity contribution in [2.45, 2.75) is 26.3 Å². The van der Waals surface area contributed by atoms with Crippen molar-refractivity contribution in [1.29, 1.82) is 0 Å². The molecule has 2 N–H and O–H groups in total. The molecule has 0 amide bonds. The van der Waals surface area contributed by atoms with Gasteiger partial charge in [-0.15, -0.1) is 24.0 Å². The van der Waals surface area contributed by atoms with Gasteiger partial charge in [-0.05, 0) is 43.8 Å². The van der Waals surface area contributed by atoms with Gasteiger partial charge in [-0.3, -0.25) is 9.89 Å². The summed E-state index contributed by atoms with van der Waals surface area (Å²) in [6.07, 6.45) is 1.10. The zero-order valence-corrected chi connectivity index (χ0v) is 21.4. The number of nitrogens with zero attached hydrogens (tertiary/aromatic N) is 3. The third-order valence-corrected chi connectivity index (χ3v) is 5.51. The Morgan fingerprint density at radius 2 is 1.83 bits per heavy atom. The Labute approximate surface area is 199 Å². The zero-order chi connectivity index (χ0) is 20.9. The van der Waals surface area contributed by atoms with E-state index in [1.165, 1.54) is 5.56 Å². The first kappa shape index (κ1) is 26.9. The van der Waals surface area contributed by atoms with Gasteiger partial charge in [0.1, 0.15) is 5.75 Å². The van der Waals surface area contributed by atoms with Crippen LogP contribution in [0.4, 0.5) is 0 Å². The van der Waals surface area contributed by atoms with Crippen LogP contribution in [0.1, 0.15) is 31.9 Å². The van der Waals surface area contributed by atoms with Gasteiger partial charge in [0.2, 0.25) is 0 Å². The monoisotopic (exact) mass is 533 g/mol. The number of halogens is 1. The second-order valence-electron chi connectivity index (χ2n) is 7.20. The summed E-state index contributed by atoms with van der Waals surface area (Å²) in [7, 11) is 3.53.